The number of ether oxygens (including phenoxy) is 2. The lowest BCUT2D eigenvalue weighted by atomic mass is 10.2. The van der Waals surface area contributed by atoms with Gasteiger partial charge in [-0.3, -0.25) is 0 Å². The maximum Gasteiger partial charge on any atom is 0.311 e. The van der Waals surface area contributed by atoms with Crippen LogP contribution in [0.15, 0.2) is 47.4 Å². The molecule has 0 spiro atoms. The molecule has 0 amide bonds. The number of aromatic nitrogens is 7. The maximum absolute atomic E-state index is 6.00. The highest BCUT2D eigenvalue weighted by atomic mass is 16.6. The molecule has 0 unspecified atom stereocenters. The zero-order valence-corrected chi connectivity index (χ0v) is 15.8. The van der Waals surface area contributed by atoms with E-state index in [1.165, 1.54) is 0 Å². The predicted octanol–water partition coefficient (Wildman–Crippen LogP) is 2.64. The van der Waals surface area contributed by atoms with E-state index in [-0.39, 0.29) is 0 Å². The molecule has 0 atom stereocenters. The SMILES string of the molecule is CCOc1cc(-c2nnc3c4ccccc4c(OCc4cn(C)cn4)nn23)no1. The normalized spacial score (nSPS) is 11.4. The minimum Gasteiger partial charge on any atom is -0.470 e. The fourth-order valence-electron chi connectivity index (χ4n) is 3.08. The van der Waals surface area contributed by atoms with Gasteiger partial charge >= 0.3 is 5.95 Å². The first-order valence-corrected chi connectivity index (χ1v) is 9.06. The van der Waals surface area contributed by atoms with Crippen molar-refractivity contribution in [2.24, 2.45) is 7.05 Å². The second-order valence-corrected chi connectivity index (χ2v) is 6.39. The van der Waals surface area contributed by atoms with Crippen molar-refractivity contribution in [1.82, 2.24) is 34.5 Å². The van der Waals surface area contributed by atoms with Crippen LogP contribution in [0, 0.1) is 0 Å². The number of hydrogen-bond donors (Lipinski definition) is 0. The van der Waals surface area contributed by atoms with Crippen molar-refractivity contribution in [3.05, 3.63) is 48.5 Å². The van der Waals surface area contributed by atoms with Gasteiger partial charge in [0.05, 0.1) is 24.7 Å². The molecule has 4 aromatic heterocycles. The molecule has 10 nitrogen and oxygen atoms in total. The molecule has 0 aliphatic carbocycles. The first-order valence-electron chi connectivity index (χ1n) is 9.06. The van der Waals surface area contributed by atoms with Gasteiger partial charge in [-0.2, -0.15) is 4.52 Å². The summed E-state index contributed by atoms with van der Waals surface area (Å²) in [7, 11) is 1.91. The van der Waals surface area contributed by atoms with Crippen LogP contribution in [0.4, 0.5) is 0 Å². The Kier molecular flexibility index (Phi) is 4.08. The zero-order chi connectivity index (χ0) is 19.8. The van der Waals surface area contributed by atoms with Gasteiger partial charge in [-0.25, -0.2) is 4.98 Å². The first-order chi connectivity index (χ1) is 14.2. The van der Waals surface area contributed by atoms with Crippen molar-refractivity contribution in [3.8, 4) is 23.3 Å². The van der Waals surface area contributed by atoms with Crippen LogP contribution in [0.5, 0.6) is 11.8 Å². The molecule has 0 bridgehead atoms. The summed E-state index contributed by atoms with van der Waals surface area (Å²) >= 11 is 0. The fraction of sp³-hybridized carbons (Fsp3) is 0.211. The highest BCUT2D eigenvalue weighted by Gasteiger charge is 2.19. The largest absolute Gasteiger partial charge is 0.470 e. The predicted molar refractivity (Wildman–Crippen MR) is 102 cm³/mol. The van der Waals surface area contributed by atoms with E-state index in [0.29, 0.717) is 42.2 Å². The molecular weight excluding hydrogens is 374 g/mol. The maximum atomic E-state index is 6.00. The van der Waals surface area contributed by atoms with Crippen molar-refractivity contribution in [3.63, 3.8) is 0 Å². The third-order valence-electron chi connectivity index (χ3n) is 4.35. The van der Waals surface area contributed by atoms with Crippen LogP contribution >= 0.6 is 0 Å². The summed E-state index contributed by atoms with van der Waals surface area (Å²) in [5.74, 6) is 1.20. The Balaban J connectivity index is 1.61. The number of fused-ring (bicyclic) bond motifs is 3. The minimum atomic E-state index is 0.291. The standard InChI is InChI=1S/C19H17N7O3/c1-3-27-16-8-15(24-29-16)18-22-21-17-13-6-4-5-7-14(13)19(23-26(17)18)28-10-12-9-25(2)11-20-12/h4-9,11H,3,10H2,1-2H3. The average Bonchev–Trinajstić information content (AvgIpc) is 3.46. The van der Waals surface area contributed by atoms with Crippen LogP contribution in [0.2, 0.25) is 0 Å². The highest BCUT2D eigenvalue weighted by Crippen LogP contribution is 2.29. The van der Waals surface area contributed by atoms with Crippen LogP contribution in [-0.4, -0.2) is 41.1 Å². The molecule has 5 rings (SSSR count). The van der Waals surface area contributed by atoms with Gasteiger partial charge in [0.1, 0.15) is 6.61 Å². The van der Waals surface area contributed by atoms with Crippen molar-refractivity contribution >= 4 is 16.4 Å². The van der Waals surface area contributed by atoms with E-state index in [4.69, 9.17) is 14.0 Å². The van der Waals surface area contributed by atoms with Gasteiger partial charge < -0.3 is 18.6 Å². The topological polar surface area (TPSA) is 105 Å². The van der Waals surface area contributed by atoms with Crippen LogP contribution < -0.4 is 9.47 Å². The molecule has 5 aromatic rings. The van der Waals surface area contributed by atoms with Crippen molar-refractivity contribution in [2.45, 2.75) is 13.5 Å². The quantitative estimate of drug-likeness (QED) is 0.435. The summed E-state index contributed by atoms with van der Waals surface area (Å²) < 4.78 is 20.0. The number of aryl methyl sites for hydroxylation is 1. The van der Waals surface area contributed by atoms with E-state index in [1.54, 1.807) is 16.9 Å². The third-order valence-corrected chi connectivity index (χ3v) is 4.35. The molecule has 1 aromatic carbocycles. The Bertz CT molecular complexity index is 1300. The Morgan fingerprint density at radius 3 is 2.76 bits per heavy atom. The lowest BCUT2D eigenvalue weighted by Crippen LogP contribution is -2.03. The number of hydrogen-bond acceptors (Lipinski definition) is 8. The first kappa shape index (κ1) is 17.2. The van der Waals surface area contributed by atoms with E-state index < -0.39 is 0 Å². The monoisotopic (exact) mass is 391 g/mol. The smallest absolute Gasteiger partial charge is 0.311 e. The van der Waals surface area contributed by atoms with E-state index >= 15 is 0 Å². The summed E-state index contributed by atoms with van der Waals surface area (Å²) in [5.41, 5.74) is 1.88. The Morgan fingerprint density at radius 2 is 1.97 bits per heavy atom. The summed E-state index contributed by atoms with van der Waals surface area (Å²) in [6.07, 6.45) is 3.63. The van der Waals surface area contributed by atoms with Crippen LogP contribution in [0.3, 0.4) is 0 Å². The lowest BCUT2D eigenvalue weighted by Gasteiger charge is -2.08. The molecule has 29 heavy (non-hydrogen) atoms. The molecule has 0 saturated carbocycles. The fourth-order valence-corrected chi connectivity index (χ4v) is 3.08. The molecule has 146 valence electrons. The van der Waals surface area contributed by atoms with Gasteiger partial charge in [-0.15, -0.1) is 15.3 Å². The molecule has 0 aliphatic heterocycles. The minimum absolute atomic E-state index is 0.291. The van der Waals surface area contributed by atoms with Crippen LogP contribution in [-0.2, 0) is 13.7 Å². The number of benzene rings is 1. The van der Waals surface area contributed by atoms with Gasteiger partial charge in [-0.1, -0.05) is 23.4 Å². The molecule has 0 radical (unpaired) electrons. The highest BCUT2D eigenvalue weighted by molar-refractivity contribution is 5.96. The van der Waals surface area contributed by atoms with Crippen LogP contribution in [0.1, 0.15) is 12.6 Å². The summed E-state index contributed by atoms with van der Waals surface area (Å²) in [6.45, 7) is 2.64. The Hall–Kier alpha value is -3.95. The van der Waals surface area contributed by atoms with E-state index in [2.05, 4.69) is 25.4 Å². The Labute approximate surface area is 164 Å². The zero-order valence-electron chi connectivity index (χ0n) is 15.8. The van der Waals surface area contributed by atoms with E-state index in [0.717, 1.165) is 16.5 Å². The summed E-state index contributed by atoms with van der Waals surface area (Å²) in [4.78, 5) is 4.29. The molecular formula is C19H17N7O3. The number of imidazole rings is 1. The van der Waals surface area contributed by atoms with E-state index in [1.807, 2.05) is 49.0 Å². The molecule has 4 heterocycles. The molecule has 10 heteroatoms. The van der Waals surface area contributed by atoms with Gasteiger partial charge in [0, 0.05) is 24.0 Å². The van der Waals surface area contributed by atoms with Crippen LogP contribution in [0.25, 0.3) is 27.9 Å². The van der Waals surface area contributed by atoms with Crippen molar-refractivity contribution < 1.29 is 14.0 Å². The van der Waals surface area contributed by atoms with E-state index in [9.17, 15) is 0 Å². The molecule has 0 fully saturated rings. The molecule has 0 N–H and O–H groups in total. The summed E-state index contributed by atoms with van der Waals surface area (Å²) in [6, 6.07) is 9.41. The van der Waals surface area contributed by atoms with Crippen molar-refractivity contribution in [1.29, 1.82) is 0 Å². The average molecular weight is 391 g/mol. The van der Waals surface area contributed by atoms with Gasteiger partial charge in [0.2, 0.25) is 11.7 Å². The molecule has 0 aliphatic rings. The lowest BCUT2D eigenvalue weighted by molar-refractivity contribution is 0.226. The number of nitrogens with zero attached hydrogens (tertiary/aromatic N) is 7. The van der Waals surface area contributed by atoms with Gasteiger partial charge in [-0.05, 0) is 13.0 Å². The molecule has 0 saturated heterocycles. The third kappa shape index (κ3) is 3.04. The second-order valence-electron chi connectivity index (χ2n) is 6.39. The van der Waals surface area contributed by atoms with Crippen molar-refractivity contribution in [2.75, 3.05) is 6.61 Å². The second kappa shape index (κ2) is 6.89. The van der Waals surface area contributed by atoms with Gasteiger partial charge in [0.25, 0.3) is 0 Å². The summed E-state index contributed by atoms with van der Waals surface area (Å²) in [5, 5.41) is 18.9. The number of rotatable bonds is 6. The van der Waals surface area contributed by atoms with Gasteiger partial charge in [0.15, 0.2) is 11.3 Å². The Morgan fingerprint density at radius 1 is 1.10 bits per heavy atom.